The molecule has 1 aromatic carbocycles. The number of carbonyl (C=O) groups excluding carboxylic acids is 1. The summed E-state index contributed by atoms with van der Waals surface area (Å²) >= 11 is 7.36. The van der Waals surface area contributed by atoms with Crippen molar-refractivity contribution in [3.8, 4) is 5.75 Å². The zero-order valence-corrected chi connectivity index (χ0v) is 18.6. The normalized spacial score (nSPS) is 18.5. The van der Waals surface area contributed by atoms with Crippen molar-refractivity contribution in [1.82, 2.24) is 10.3 Å². The molecule has 2 atom stereocenters. The first kappa shape index (κ1) is 25.0. The number of halogens is 3. The molecule has 5 nitrogen and oxygen atoms in total. The third-order valence-electron chi connectivity index (χ3n) is 4.68. The fourth-order valence-corrected chi connectivity index (χ4v) is 4.11. The largest absolute Gasteiger partial charge is 0.486 e. The van der Waals surface area contributed by atoms with Crippen LogP contribution in [0.3, 0.4) is 0 Å². The van der Waals surface area contributed by atoms with Gasteiger partial charge in [0.2, 0.25) is 5.91 Å². The molecule has 3 N–H and O–H groups in total. The molecule has 156 valence electrons. The Bertz CT molecular complexity index is 727. The number of rotatable bonds is 7. The standard InChI is InChI=1S/C19H24ClN3O2S.2ClH/c20-14-5-7-16(8-6-14)25-11-19-22-15(12-26-19)9-18(24)23-17-4-2-1-3-13(17)10-21;;/h5-8,12-13,17H,1-4,9-11,21H2,(H,23,24);2*1H. The van der Waals surface area contributed by atoms with Crippen LogP contribution in [0.2, 0.25) is 5.02 Å². The smallest absolute Gasteiger partial charge is 0.226 e. The predicted molar refractivity (Wildman–Crippen MR) is 119 cm³/mol. The van der Waals surface area contributed by atoms with E-state index >= 15 is 0 Å². The molecule has 0 bridgehead atoms. The van der Waals surface area contributed by atoms with Crippen LogP contribution in [0.5, 0.6) is 5.75 Å². The van der Waals surface area contributed by atoms with Crippen molar-refractivity contribution in [3.05, 3.63) is 45.4 Å². The number of thiazole rings is 1. The molecule has 9 heteroatoms. The van der Waals surface area contributed by atoms with Gasteiger partial charge in [-0.1, -0.05) is 24.4 Å². The van der Waals surface area contributed by atoms with Gasteiger partial charge in [-0.15, -0.1) is 36.2 Å². The van der Waals surface area contributed by atoms with E-state index in [1.54, 1.807) is 12.1 Å². The number of hydrogen-bond donors (Lipinski definition) is 2. The maximum absolute atomic E-state index is 12.3. The van der Waals surface area contributed by atoms with Crippen molar-refractivity contribution in [1.29, 1.82) is 0 Å². The number of aromatic nitrogens is 1. The van der Waals surface area contributed by atoms with Crippen molar-refractivity contribution < 1.29 is 9.53 Å². The zero-order valence-electron chi connectivity index (χ0n) is 15.4. The van der Waals surface area contributed by atoms with E-state index in [1.807, 2.05) is 17.5 Å². The summed E-state index contributed by atoms with van der Waals surface area (Å²) in [6.45, 7) is 1.01. The van der Waals surface area contributed by atoms with E-state index in [9.17, 15) is 4.79 Å². The molecule has 1 aliphatic carbocycles. The Balaban J connectivity index is 0.00000196. The van der Waals surface area contributed by atoms with Crippen molar-refractivity contribution in [3.63, 3.8) is 0 Å². The number of amides is 1. The van der Waals surface area contributed by atoms with E-state index in [2.05, 4.69) is 10.3 Å². The molecule has 1 aliphatic rings. The number of nitrogens with zero attached hydrogens (tertiary/aromatic N) is 1. The third kappa shape index (κ3) is 7.41. The average Bonchev–Trinajstić information content (AvgIpc) is 3.09. The highest BCUT2D eigenvalue weighted by Crippen LogP contribution is 2.24. The van der Waals surface area contributed by atoms with Crippen molar-refractivity contribution >= 4 is 53.7 Å². The third-order valence-corrected chi connectivity index (χ3v) is 5.80. The van der Waals surface area contributed by atoms with Crippen LogP contribution in [0.4, 0.5) is 0 Å². The predicted octanol–water partition coefficient (Wildman–Crippen LogP) is 4.40. The lowest BCUT2D eigenvalue weighted by Crippen LogP contribution is -2.45. The van der Waals surface area contributed by atoms with Crippen LogP contribution >= 0.6 is 47.8 Å². The molecule has 3 rings (SSSR count). The first-order chi connectivity index (χ1) is 12.6. The molecule has 2 unspecified atom stereocenters. The van der Waals surface area contributed by atoms with E-state index in [0.717, 1.165) is 35.7 Å². The first-order valence-electron chi connectivity index (χ1n) is 8.95. The molecule has 1 amide bonds. The van der Waals surface area contributed by atoms with E-state index < -0.39 is 0 Å². The average molecular weight is 467 g/mol. The number of ether oxygens (including phenoxy) is 1. The van der Waals surface area contributed by atoms with Gasteiger partial charge in [-0.05, 0) is 49.6 Å². The van der Waals surface area contributed by atoms with Gasteiger partial charge >= 0.3 is 0 Å². The van der Waals surface area contributed by atoms with Crippen LogP contribution in [0.15, 0.2) is 29.6 Å². The van der Waals surface area contributed by atoms with Crippen LogP contribution < -0.4 is 15.8 Å². The topological polar surface area (TPSA) is 77.2 Å². The van der Waals surface area contributed by atoms with Crippen molar-refractivity contribution in [2.75, 3.05) is 6.54 Å². The van der Waals surface area contributed by atoms with E-state index in [-0.39, 0.29) is 36.8 Å². The van der Waals surface area contributed by atoms with Crippen LogP contribution in [0.1, 0.15) is 36.4 Å². The number of nitrogens with one attached hydrogen (secondary N) is 1. The summed E-state index contributed by atoms with van der Waals surface area (Å²) in [5.74, 6) is 1.16. The van der Waals surface area contributed by atoms with Crippen LogP contribution in [0, 0.1) is 5.92 Å². The molecule has 2 aromatic rings. The van der Waals surface area contributed by atoms with Crippen molar-refractivity contribution in [2.24, 2.45) is 11.7 Å². The van der Waals surface area contributed by atoms with E-state index in [4.69, 9.17) is 22.1 Å². The van der Waals surface area contributed by atoms with Crippen LogP contribution in [-0.4, -0.2) is 23.5 Å². The van der Waals surface area contributed by atoms with Gasteiger partial charge in [-0.3, -0.25) is 4.79 Å². The Morgan fingerprint density at radius 1 is 1.25 bits per heavy atom. The molecular weight excluding hydrogens is 441 g/mol. The Morgan fingerprint density at radius 2 is 1.96 bits per heavy atom. The molecule has 0 spiro atoms. The highest BCUT2D eigenvalue weighted by molar-refractivity contribution is 7.09. The quantitative estimate of drug-likeness (QED) is 0.634. The lowest BCUT2D eigenvalue weighted by Gasteiger charge is -2.31. The minimum atomic E-state index is 0. The van der Waals surface area contributed by atoms with Crippen LogP contribution in [-0.2, 0) is 17.8 Å². The Hall–Kier alpha value is -1.05. The Kier molecular flexibility index (Phi) is 11.2. The number of nitrogens with two attached hydrogens (primary N) is 1. The summed E-state index contributed by atoms with van der Waals surface area (Å²) in [7, 11) is 0. The molecular formula is C19H26Cl3N3O2S. The maximum atomic E-state index is 12.3. The van der Waals surface area contributed by atoms with Gasteiger partial charge in [0, 0.05) is 16.4 Å². The van der Waals surface area contributed by atoms with Gasteiger partial charge in [-0.2, -0.15) is 0 Å². The number of carbonyl (C=O) groups is 1. The van der Waals surface area contributed by atoms with Gasteiger partial charge in [0.1, 0.15) is 17.4 Å². The summed E-state index contributed by atoms with van der Waals surface area (Å²) < 4.78 is 5.69. The molecule has 0 aliphatic heterocycles. The summed E-state index contributed by atoms with van der Waals surface area (Å²) in [5.41, 5.74) is 6.61. The molecule has 1 heterocycles. The van der Waals surface area contributed by atoms with Gasteiger partial charge in [-0.25, -0.2) is 4.98 Å². The fourth-order valence-electron chi connectivity index (χ4n) is 3.27. The summed E-state index contributed by atoms with van der Waals surface area (Å²) in [6.07, 6.45) is 4.78. The highest BCUT2D eigenvalue weighted by Gasteiger charge is 2.25. The molecule has 0 saturated heterocycles. The highest BCUT2D eigenvalue weighted by atomic mass is 35.5. The SMILES string of the molecule is Cl.Cl.NCC1CCCCC1NC(=O)Cc1csc(COc2ccc(Cl)cc2)n1. The van der Waals surface area contributed by atoms with E-state index in [0.29, 0.717) is 30.5 Å². The molecule has 1 fully saturated rings. The van der Waals surface area contributed by atoms with Crippen molar-refractivity contribution in [2.45, 2.75) is 44.8 Å². The summed E-state index contributed by atoms with van der Waals surface area (Å²) in [6, 6.07) is 7.42. The second-order valence-electron chi connectivity index (χ2n) is 6.61. The Morgan fingerprint density at radius 3 is 2.68 bits per heavy atom. The fraction of sp³-hybridized carbons (Fsp3) is 0.474. The van der Waals surface area contributed by atoms with E-state index in [1.165, 1.54) is 17.8 Å². The lowest BCUT2D eigenvalue weighted by atomic mass is 9.84. The minimum absolute atomic E-state index is 0. The zero-order chi connectivity index (χ0) is 18.4. The molecule has 28 heavy (non-hydrogen) atoms. The molecule has 0 radical (unpaired) electrons. The minimum Gasteiger partial charge on any atom is -0.486 e. The Labute approximate surface area is 187 Å². The van der Waals surface area contributed by atoms with Gasteiger partial charge in [0.05, 0.1) is 12.1 Å². The second kappa shape index (κ2) is 12.5. The van der Waals surface area contributed by atoms with Crippen LogP contribution in [0.25, 0.3) is 0 Å². The molecule has 1 aromatic heterocycles. The lowest BCUT2D eigenvalue weighted by molar-refractivity contribution is -0.121. The molecule has 1 saturated carbocycles. The number of benzene rings is 1. The maximum Gasteiger partial charge on any atom is 0.226 e. The first-order valence-corrected chi connectivity index (χ1v) is 10.2. The number of hydrogen-bond acceptors (Lipinski definition) is 5. The van der Waals surface area contributed by atoms with Gasteiger partial charge in [0.15, 0.2) is 0 Å². The summed E-state index contributed by atoms with van der Waals surface area (Å²) in [4.78, 5) is 16.8. The second-order valence-corrected chi connectivity index (χ2v) is 7.99. The van der Waals surface area contributed by atoms with Gasteiger partial charge in [0.25, 0.3) is 0 Å². The summed E-state index contributed by atoms with van der Waals surface area (Å²) in [5, 5.41) is 6.58. The monoisotopic (exact) mass is 465 g/mol. The van der Waals surface area contributed by atoms with Gasteiger partial charge < -0.3 is 15.8 Å².